The number of aromatic nitrogens is 1. The number of nitrogens with zero attached hydrogens (tertiary/aromatic N) is 1. The lowest BCUT2D eigenvalue weighted by Gasteiger charge is -2.11. The van der Waals surface area contributed by atoms with Crippen LogP contribution in [0.2, 0.25) is 0 Å². The van der Waals surface area contributed by atoms with Crippen LogP contribution in [0.1, 0.15) is 0 Å². The van der Waals surface area contributed by atoms with Crippen LogP contribution in [0.25, 0.3) is 22.4 Å². The van der Waals surface area contributed by atoms with Crippen molar-refractivity contribution in [3.8, 4) is 28.1 Å². The molecule has 0 spiro atoms. The van der Waals surface area contributed by atoms with Gasteiger partial charge in [-0.15, -0.1) is 0 Å². The van der Waals surface area contributed by atoms with E-state index < -0.39 is 21.4 Å². The summed E-state index contributed by atoms with van der Waals surface area (Å²) in [6.45, 7) is 0. The van der Waals surface area contributed by atoms with E-state index in [1.165, 1.54) is 12.1 Å². The Morgan fingerprint density at radius 3 is 2.12 bits per heavy atom. The van der Waals surface area contributed by atoms with E-state index in [1.807, 2.05) is 18.2 Å². The maximum absolute atomic E-state index is 12.5. The maximum atomic E-state index is 12.5. The van der Waals surface area contributed by atoms with Crippen molar-refractivity contribution in [1.29, 1.82) is 0 Å². The molecule has 0 N–H and O–H groups in total. The van der Waals surface area contributed by atoms with Crippen LogP contribution < -0.4 is 4.18 Å². The number of halogens is 3. The second-order valence-corrected chi connectivity index (χ2v) is 6.84. The number of benzene rings is 2. The second kappa shape index (κ2) is 6.80. The van der Waals surface area contributed by atoms with E-state index in [9.17, 15) is 21.6 Å². The molecule has 0 saturated carbocycles. The first-order chi connectivity index (χ1) is 12.3. The van der Waals surface area contributed by atoms with Gasteiger partial charge in [0.25, 0.3) is 0 Å². The average molecular weight is 379 g/mol. The molecule has 4 nitrogen and oxygen atoms in total. The minimum Gasteiger partial charge on any atom is -0.376 e. The smallest absolute Gasteiger partial charge is 0.376 e. The van der Waals surface area contributed by atoms with Crippen LogP contribution >= 0.6 is 0 Å². The molecule has 0 aliphatic rings. The Labute approximate surface area is 148 Å². The zero-order valence-electron chi connectivity index (χ0n) is 13.1. The topological polar surface area (TPSA) is 56.3 Å². The Bertz CT molecular complexity index is 1020. The van der Waals surface area contributed by atoms with Gasteiger partial charge in [0.15, 0.2) is 0 Å². The minimum absolute atomic E-state index is 0.414. The molecule has 134 valence electrons. The van der Waals surface area contributed by atoms with E-state index in [2.05, 4.69) is 9.17 Å². The van der Waals surface area contributed by atoms with Crippen molar-refractivity contribution in [2.75, 3.05) is 0 Å². The summed E-state index contributed by atoms with van der Waals surface area (Å²) in [7, 11) is -5.71. The molecular weight excluding hydrogens is 367 g/mol. The van der Waals surface area contributed by atoms with Gasteiger partial charge in [0, 0.05) is 11.8 Å². The lowest BCUT2D eigenvalue weighted by atomic mass is 10.0. The fourth-order valence-electron chi connectivity index (χ4n) is 2.29. The Kier molecular flexibility index (Phi) is 4.69. The summed E-state index contributed by atoms with van der Waals surface area (Å²) in [4.78, 5) is 4.25. The van der Waals surface area contributed by atoms with E-state index >= 15 is 0 Å². The van der Waals surface area contributed by atoms with Crippen LogP contribution in [0, 0.1) is 0 Å². The molecule has 3 rings (SSSR count). The summed E-state index contributed by atoms with van der Waals surface area (Å²) in [5, 5.41) is 0. The zero-order chi connectivity index (χ0) is 18.8. The molecule has 0 radical (unpaired) electrons. The molecule has 0 unspecified atom stereocenters. The van der Waals surface area contributed by atoms with E-state index in [0.717, 1.165) is 17.3 Å². The van der Waals surface area contributed by atoms with Gasteiger partial charge in [-0.05, 0) is 41.5 Å². The molecule has 1 heterocycles. The summed E-state index contributed by atoms with van der Waals surface area (Å²) in [5.41, 5.74) is -2.73. The highest BCUT2D eigenvalue weighted by atomic mass is 32.2. The van der Waals surface area contributed by atoms with Gasteiger partial charge < -0.3 is 4.18 Å². The summed E-state index contributed by atoms with van der Waals surface area (Å²) < 4.78 is 63.9. The monoisotopic (exact) mass is 379 g/mol. The van der Waals surface area contributed by atoms with Crippen molar-refractivity contribution in [3.63, 3.8) is 0 Å². The molecule has 0 atom stereocenters. The Hall–Kier alpha value is -2.87. The molecule has 26 heavy (non-hydrogen) atoms. The third-order valence-corrected chi connectivity index (χ3v) is 4.46. The number of pyridine rings is 1. The quantitative estimate of drug-likeness (QED) is 0.489. The fraction of sp³-hybridized carbons (Fsp3) is 0.0556. The Morgan fingerprint density at radius 2 is 1.46 bits per heavy atom. The van der Waals surface area contributed by atoms with Crippen LogP contribution in [0.5, 0.6) is 5.75 Å². The van der Waals surface area contributed by atoms with Crippen molar-refractivity contribution in [1.82, 2.24) is 4.98 Å². The van der Waals surface area contributed by atoms with Crippen LogP contribution in [0.4, 0.5) is 13.2 Å². The molecule has 3 aromatic rings. The summed E-state index contributed by atoms with van der Waals surface area (Å²) in [5.74, 6) is -0.414. The van der Waals surface area contributed by atoms with Crippen LogP contribution in [0.3, 0.4) is 0 Å². The molecule has 0 aliphatic carbocycles. The minimum atomic E-state index is -5.71. The number of hydrogen-bond acceptors (Lipinski definition) is 4. The normalized spacial score (nSPS) is 12.0. The molecule has 0 amide bonds. The summed E-state index contributed by atoms with van der Waals surface area (Å²) in [6, 6.07) is 18.1. The van der Waals surface area contributed by atoms with Gasteiger partial charge in [-0.3, -0.25) is 4.98 Å². The Balaban J connectivity index is 1.94. The summed E-state index contributed by atoms with van der Waals surface area (Å²) in [6.07, 6.45) is 1.65. The highest BCUT2D eigenvalue weighted by molar-refractivity contribution is 7.88. The molecule has 0 saturated heterocycles. The van der Waals surface area contributed by atoms with E-state index in [-0.39, 0.29) is 0 Å². The third kappa shape index (κ3) is 3.85. The van der Waals surface area contributed by atoms with Gasteiger partial charge in [-0.2, -0.15) is 21.6 Å². The lowest BCUT2D eigenvalue weighted by Crippen LogP contribution is -2.28. The fourth-order valence-corrected chi connectivity index (χ4v) is 2.74. The van der Waals surface area contributed by atoms with E-state index in [4.69, 9.17) is 0 Å². The average Bonchev–Trinajstić information content (AvgIpc) is 2.61. The van der Waals surface area contributed by atoms with Gasteiger partial charge in [-0.1, -0.05) is 36.4 Å². The first-order valence-electron chi connectivity index (χ1n) is 7.39. The van der Waals surface area contributed by atoms with Gasteiger partial charge in [0.2, 0.25) is 0 Å². The highest BCUT2D eigenvalue weighted by Crippen LogP contribution is 2.31. The lowest BCUT2D eigenvalue weighted by molar-refractivity contribution is -0.0500. The van der Waals surface area contributed by atoms with Crippen molar-refractivity contribution in [3.05, 3.63) is 72.9 Å². The predicted octanol–water partition coefficient (Wildman–Crippen LogP) is 4.64. The van der Waals surface area contributed by atoms with Gasteiger partial charge in [-0.25, -0.2) is 0 Å². The predicted molar refractivity (Wildman–Crippen MR) is 90.7 cm³/mol. The highest BCUT2D eigenvalue weighted by Gasteiger charge is 2.48. The van der Waals surface area contributed by atoms with Crippen LogP contribution in [0.15, 0.2) is 72.9 Å². The molecule has 0 fully saturated rings. The SMILES string of the molecule is O=S(=O)(Oc1cccc(-c2cccc(-c3ccccn3)c2)c1)C(F)(F)F. The molecular formula is C18H12F3NO3S. The first kappa shape index (κ1) is 17.9. The molecule has 0 aliphatic heterocycles. The summed E-state index contributed by atoms with van der Waals surface area (Å²) >= 11 is 0. The van der Waals surface area contributed by atoms with Crippen molar-refractivity contribution in [2.24, 2.45) is 0 Å². The number of rotatable bonds is 4. The van der Waals surface area contributed by atoms with Crippen LogP contribution in [-0.2, 0) is 10.1 Å². The molecule has 0 bridgehead atoms. The maximum Gasteiger partial charge on any atom is 0.534 e. The number of alkyl halides is 3. The first-order valence-corrected chi connectivity index (χ1v) is 8.80. The second-order valence-electron chi connectivity index (χ2n) is 5.31. The van der Waals surface area contributed by atoms with Gasteiger partial charge >= 0.3 is 15.6 Å². The van der Waals surface area contributed by atoms with Gasteiger partial charge in [0.1, 0.15) is 5.75 Å². The van der Waals surface area contributed by atoms with Gasteiger partial charge in [0.05, 0.1) is 5.69 Å². The molecule has 1 aromatic heterocycles. The van der Waals surface area contributed by atoms with Crippen molar-refractivity contribution in [2.45, 2.75) is 5.51 Å². The number of hydrogen-bond donors (Lipinski definition) is 0. The third-order valence-electron chi connectivity index (χ3n) is 3.48. The molecule has 2 aromatic carbocycles. The van der Waals surface area contributed by atoms with Crippen molar-refractivity contribution < 1.29 is 25.8 Å². The standard InChI is InChI=1S/C18H12F3NO3S/c19-18(20,21)26(23,24)25-16-8-4-6-14(12-16)13-5-3-7-15(11-13)17-9-1-2-10-22-17/h1-12H. The zero-order valence-corrected chi connectivity index (χ0v) is 14.0. The van der Waals surface area contributed by atoms with Crippen LogP contribution in [-0.4, -0.2) is 18.9 Å². The molecule has 8 heteroatoms. The van der Waals surface area contributed by atoms with Crippen molar-refractivity contribution >= 4 is 10.1 Å². The Morgan fingerprint density at radius 1 is 0.808 bits per heavy atom. The van der Waals surface area contributed by atoms with E-state index in [1.54, 1.807) is 36.5 Å². The largest absolute Gasteiger partial charge is 0.534 e. The van der Waals surface area contributed by atoms with E-state index in [0.29, 0.717) is 11.1 Å².